The number of carbonyl (C=O) groups excluding carboxylic acids is 2. The summed E-state index contributed by atoms with van der Waals surface area (Å²) in [4.78, 5) is 29.0. The molecule has 230 valence electrons. The summed E-state index contributed by atoms with van der Waals surface area (Å²) in [6.07, 6.45) is 0.288. The lowest BCUT2D eigenvalue weighted by molar-refractivity contribution is -0.140. The minimum Gasteiger partial charge on any atom is -0.486 e. The number of nitrogens with one attached hydrogen (secondary N) is 1. The molecule has 0 aromatic heterocycles. The van der Waals surface area contributed by atoms with Crippen molar-refractivity contribution in [1.29, 1.82) is 0 Å². The average Bonchev–Trinajstić information content (AvgIpc) is 2.99. The molecule has 4 rings (SSSR count). The van der Waals surface area contributed by atoms with Crippen LogP contribution in [0.2, 0.25) is 10.0 Å². The summed E-state index contributed by atoms with van der Waals surface area (Å²) in [6.45, 7) is 6.21. The summed E-state index contributed by atoms with van der Waals surface area (Å²) in [7, 11) is -4.22. The number of fused-ring (bicyclic) bond motifs is 1. The molecule has 1 N–H and O–H groups in total. The number of amides is 2. The zero-order chi connectivity index (χ0) is 31.1. The first-order valence-electron chi connectivity index (χ1n) is 14.0. The molecule has 0 spiro atoms. The maximum atomic E-state index is 14.2. The molecule has 0 radical (unpaired) electrons. The first-order chi connectivity index (χ1) is 20.5. The maximum absolute atomic E-state index is 14.2. The van der Waals surface area contributed by atoms with Gasteiger partial charge in [0.05, 0.1) is 10.6 Å². The van der Waals surface area contributed by atoms with E-state index in [9.17, 15) is 18.0 Å². The Morgan fingerprint density at radius 1 is 0.953 bits per heavy atom. The summed E-state index contributed by atoms with van der Waals surface area (Å²) < 4.78 is 40.4. The first kappa shape index (κ1) is 32.4. The molecule has 0 bridgehead atoms. The van der Waals surface area contributed by atoms with Crippen LogP contribution in [-0.2, 0) is 26.2 Å². The highest BCUT2D eigenvalue weighted by atomic mass is 35.5. The molecule has 0 unspecified atom stereocenters. The van der Waals surface area contributed by atoms with Gasteiger partial charge in [-0.3, -0.25) is 13.9 Å². The van der Waals surface area contributed by atoms with Crippen LogP contribution in [0.3, 0.4) is 0 Å². The monoisotopic (exact) mass is 647 g/mol. The number of nitrogens with zero attached hydrogens (tertiary/aromatic N) is 2. The Kier molecular flexibility index (Phi) is 10.8. The highest BCUT2D eigenvalue weighted by Crippen LogP contribution is 2.36. The molecule has 0 saturated carbocycles. The van der Waals surface area contributed by atoms with Gasteiger partial charge in [-0.2, -0.15) is 0 Å². The van der Waals surface area contributed by atoms with Crippen LogP contribution in [0.15, 0.2) is 71.6 Å². The summed E-state index contributed by atoms with van der Waals surface area (Å²) in [6, 6.07) is 16.6. The van der Waals surface area contributed by atoms with Crippen LogP contribution < -0.4 is 19.1 Å². The molecule has 9 nitrogen and oxygen atoms in total. The molecule has 0 saturated heterocycles. The van der Waals surface area contributed by atoms with E-state index in [1.807, 2.05) is 13.8 Å². The van der Waals surface area contributed by atoms with Crippen molar-refractivity contribution in [2.75, 3.05) is 30.6 Å². The van der Waals surface area contributed by atoms with Crippen molar-refractivity contribution in [1.82, 2.24) is 10.2 Å². The van der Waals surface area contributed by atoms with E-state index in [4.69, 9.17) is 32.7 Å². The Balaban J connectivity index is 1.76. The Hall–Kier alpha value is -3.47. The van der Waals surface area contributed by atoms with Gasteiger partial charge in [0.2, 0.25) is 11.8 Å². The molecule has 3 aromatic carbocycles. The fourth-order valence-electron chi connectivity index (χ4n) is 4.61. The molecular weight excluding hydrogens is 613 g/mol. The van der Waals surface area contributed by atoms with Gasteiger partial charge in [-0.25, -0.2) is 8.42 Å². The fourth-order valence-corrected chi connectivity index (χ4v) is 6.51. The predicted octanol–water partition coefficient (Wildman–Crippen LogP) is 5.54. The van der Waals surface area contributed by atoms with Gasteiger partial charge >= 0.3 is 0 Å². The first-order valence-corrected chi connectivity index (χ1v) is 16.2. The number of halogens is 2. The third-order valence-electron chi connectivity index (χ3n) is 6.85. The number of hydrogen-bond acceptors (Lipinski definition) is 6. The minimum atomic E-state index is -4.22. The zero-order valence-corrected chi connectivity index (χ0v) is 26.6. The summed E-state index contributed by atoms with van der Waals surface area (Å²) >= 11 is 12.6. The maximum Gasteiger partial charge on any atom is 0.264 e. The van der Waals surface area contributed by atoms with E-state index in [0.717, 1.165) is 4.31 Å². The standard InChI is InChI=1S/C31H35Cl2N3O6S/c1-4-27(31(38)34-18-21(2)3)35(19-22-10-11-23(32)16-26(22)33)30(37)20-36(43(39,40)25-8-6-5-7-9-25)24-12-13-28-29(17-24)42-15-14-41-28/h5-13,16-17,21,27H,4,14-15,18-20H2,1-3H3,(H,34,38)/t27-/m0/s1. The van der Waals surface area contributed by atoms with E-state index in [1.165, 1.54) is 23.1 Å². The van der Waals surface area contributed by atoms with Crippen molar-refractivity contribution in [3.8, 4) is 11.5 Å². The molecule has 12 heteroatoms. The number of ether oxygens (including phenoxy) is 2. The second-order valence-electron chi connectivity index (χ2n) is 10.5. The van der Waals surface area contributed by atoms with E-state index < -0.39 is 28.5 Å². The molecule has 1 aliphatic heterocycles. The van der Waals surface area contributed by atoms with Gasteiger partial charge in [0.25, 0.3) is 10.0 Å². The Morgan fingerprint density at radius 3 is 2.30 bits per heavy atom. The summed E-state index contributed by atoms with van der Waals surface area (Å²) in [5, 5.41) is 3.65. The van der Waals surface area contributed by atoms with Gasteiger partial charge in [0, 0.05) is 29.2 Å². The number of anilines is 1. The smallest absolute Gasteiger partial charge is 0.264 e. The van der Waals surface area contributed by atoms with Gasteiger partial charge in [0.15, 0.2) is 11.5 Å². The molecular formula is C31H35Cl2N3O6S. The third-order valence-corrected chi connectivity index (χ3v) is 9.23. The van der Waals surface area contributed by atoms with Crippen LogP contribution in [0.1, 0.15) is 32.8 Å². The number of carbonyl (C=O) groups is 2. The van der Waals surface area contributed by atoms with E-state index in [0.29, 0.717) is 46.9 Å². The normalized spacial score (nSPS) is 13.3. The van der Waals surface area contributed by atoms with Crippen molar-refractivity contribution in [2.24, 2.45) is 5.92 Å². The van der Waals surface area contributed by atoms with Gasteiger partial charge in [-0.15, -0.1) is 0 Å². The van der Waals surface area contributed by atoms with Crippen molar-refractivity contribution < 1.29 is 27.5 Å². The largest absolute Gasteiger partial charge is 0.486 e. The molecule has 0 aliphatic carbocycles. The molecule has 1 atom stereocenters. The van der Waals surface area contributed by atoms with Gasteiger partial charge < -0.3 is 19.7 Å². The van der Waals surface area contributed by atoms with E-state index >= 15 is 0 Å². The lowest BCUT2D eigenvalue weighted by Crippen LogP contribution is -2.52. The number of hydrogen-bond donors (Lipinski definition) is 1. The highest BCUT2D eigenvalue weighted by Gasteiger charge is 2.34. The van der Waals surface area contributed by atoms with Crippen LogP contribution >= 0.6 is 23.2 Å². The van der Waals surface area contributed by atoms with Crippen molar-refractivity contribution in [3.63, 3.8) is 0 Å². The van der Waals surface area contributed by atoms with Crippen molar-refractivity contribution in [3.05, 3.63) is 82.3 Å². The summed E-state index contributed by atoms with van der Waals surface area (Å²) in [5.41, 5.74) is 0.773. The quantitative estimate of drug-likeness (QED) is 0.277. The van der Waals surface area contributed by atoms with Crippen molar-refractivity contribution in [2.45, 2.75) is 44.7 Å². The Morgan fingerprint density at radius 2 is 1.65 bits per heavy atom. The summed E-state index contributed by atoms with van der Waals surface area (Å²) in [5.74, 6) is 0.107. The third kappa shape index (κ3) is 7.93. The fraction of sp³-hybridized carbons (Fsp3) is 0.355. The lowest BCUT2D eigenvalue weighted by atomic mass is 10.1. The van der Waals surface area contributed by atoms with Crippen molar-refractivity contribution >= 4 is 50.7 Å². The average molecular weight is 649 g/mol. The number of sulfonamides is 1. The SMILES string of the molecule is CC[C@@H](C(=O)NCC(C)C)N(Cc1ccc(Cl)cc1Cl)C(=O)CN(c1ccc2c(c1)OCCO2)S(=O)(=O)c1ccccc1. The van der Waals surface area contributed by atoms with E-state index in [1.54, 1.807) is 55.5 Å². The number of rotatable bonds is 12. The van der Waals surface area contributed by atoms with Gasteiger partial charge in [-0.05, 0) is 54.3 Å². The van der Waals surface area contributed by atoms with Crippen LogP contribution in [0.5, 0.6) is 11.5 Å². The van der Waals surface area contributed by atoms with Gasteiger partial charge in [0.1, 0.15) is 25.8 Å². The molecule has 0 fully saturated rings. The van der Waals surface area contributed by atoms with Crippen LogP contribution in [0, 0.1) is 5.92 Å². The highest BCUT2D eigenvalue weighted by molar-refractivity contribution is 7.92. The molecule has 1 heterocycles. The van der Waals surface area contributed by atoms with E-state index in [-0.39, 0.29) is 35.4 Å². The van der Waals surface area contributed by atoms with Crippen LogP contribution in [0.4, 0.5) is 5.69 Å². The van der Waals surface area contributed by atoms with Gasteiger partial charge in [-0.1, -0.05) is 68.2 Å². The molecule has 1 aliphatic rings. The molecule has 43 heavy (non-hydrogen) atoms. The lowest BCUT2D eigenvalue weighted by Gasteiger charge is -2.33. The Bertz CT molecular complexity index is 1550. The predicted molar refractivity (Wildman–Crippen MR) is 167 cm³/mol. The Labute approximate surface area is 262 Å². The number of benzene rings is 3. The van der Waals surface area contributed by atoms with Crippen LogP contribution in [-0.4, -0.2) is 57.5 Å². The van der Waals surface area contributed by atoms with E-state index in [2.05, 4.69) is 5.32 Å². The molecule has 3 aromatic rings. The second-order valence-corrected chi connectivity index (χ2v) is 13.2. The molecule has 2 amide bonds. The second kappa shape index (κ2) is 14.3. The van der Waals surface area contributed by atoms with Crippen LogP contribution in [0.25, 0.3) is 0 Å². The zero-order valence-electron chi connectivity index (χ0n) is 24.3. The topological polar surface area (TPSA) is 105 Å². The minimum absolute atomic E-state index is 0.00621.